The van der Waals surface area contributed by atoms with Gasteiger partial charge < -0.3 is 9.47 Å². The molecule has 2 aromatic rings. The van der Waals surface area contributed by atoms with Gasteiger partial charge in [0.2, 0.25) is 5.91 Å². The number of carbonyl (C=O) groups excluding carboxylic acids is 1. The van der Waals surface area contributed by atoms with Crippen molar-refractivity contribution in [2.24, 2.45) is 5.10 Å². The van der Waals surface area contributed by atoms with E-state index in [2.05, 4.69) is 15.3 Å². The Morgan fingerprint density at radius 3 is 2.60 bits per heavy atom. The van der Waals surface area contributed by atoms with Gasteiger partial charge >= 0.3 is 6.61 Å². The van der Waals surface area contributed by atoms with E-state index in [4.69, 9.17) is 16.3 Å². The highest BCUT2D eigenvalue weighted by Crippen LogP contribution is 2.28. The van der Waals surface area contributed by atoms with Crippen molar-refractivity contribution < 1.29 is 23.0 Å². The van der Waals surface area contributed by atoms with Crippen molar-refractivity contribution in [3.8, 4) is 11.5 Å². The molecule has 25 heavy (non-hydrogen) atoms. The van der Waals surface area contributed by atoms with Gasteiger partial charge in [0, 0.05) is 5.02 Å². The third-order valence-electron chi connectivity index (χ3n) is 3.08. The average Bonchev–Trinajstić information content (AvgIpc) is 2.57. The van der Waals surface area contributed by atoms with E-state index in [-0.39, 0.29) is 23.8 Å². The Bertz CT molecular complexity index is 752. The first-order chi connectivity index (χ1) is 12.0. The van der Waals surface area contributed by atoms with Crippen LogP contribution in [0.1, 0.15) is 11.1 Å². The number of hydrogen-bond donors (Lipinski definition) is 1. The summed E-state index contributed by atoms with van der Waals surface area (Å²) in [6.07, 6.45) is 1.52. The summed E-state index contributed by atoms with van der Waals surface area (Å²) >= 11 is 5.78. The number of hydrazone groups is 1. The summed E-state index contributed by atoms with van der Waals surface area (Å²) in [6.45, 7) is -2.94. The van der Waals surface area contributed by atoms with Crippen LogP contribution >= 0.6 is 11.6 Å². The lowest BCUT2D eigenvalue weighted by atomic mass is 10.1. The fraction of sp³-hybridized carbons (Fsp3) is 0.176. The first kappa shape index (κ1) is 18.7. The molecule has 2 rings (SSSR count). The van der Waals surface area contributed by atoms with E-state index in [9.17, 15) is 13.6 Å². The molecule has 0 radical (unpaired) electrons. The van der Waals surface area contributed by atoms with E-state index in [1.54, 1.807) is 24.3 Å². The van der Waals surface area contributed by atoms with Crippen LogP contribution in [0.15, 0.2) is 47.6 Å². The smallest absolute Gasteiger partial charge is 0.387 e. The summed E-state index contributed by atoms with van der Waals surface area (Å²) in [4.78, 5) is 11.8. The van der Waals surface area contributed by atoms with Crippen LogP contribution < -0.4 is 14.9 Å². The van der Waals surface area contributed by atoms with Crippen molar-refractivity contribution in [3.63, 3.8) is 0 Å². The van der Waals surface area contributed by atoms with Crippen molar-refractivity contribution in [2.75, 3.05) is 7.11 Å². The third-order valence-corrected chi connectivity index (χ3v) is 3.34. The Labute approximate surface area is 148 Å². The molecule has 8 heteroatoms. The number of rotatable bonds is 7. The van der Waals surface area contributed by atoms with Crippen molar-refractivity contribution in [2.45, 2.75) is 13.0 Å². The van der Waals surface area contributed by atoms with E-state index in [1.165, 1.54) is 31.5 Å². The molecule has 0 aliphatic rings. The molecule has 0 aromatic heterocycles. The Hall–Kier alpha value is -2.67. The van der Waals surface area contributed by atoms with Crippen LogP contribution in [0.2, 0.25) is 5.02 Å². The van der Waals surface area contributed by atoms with Crippen LogP contribution in [0.4, 0.5) is 8.78 Å². The number of carbonyl (C=O) groups is 1. The van der Waals surface area contributed by atoms with Gasteiger partial charge in [-0.05, 0) is 41.5 Å². The number of methoxy groups -OCH3 is 1. The number of benzene rings is 2. The molecule has 0 bridgehead atoms. The summed E-state index contributed by atoms with van der Waals surface area (Å²) in [7, 11) is 1.34. The van der Waals surface area contributed by atoms with Crippen LogP contribution in [0.25, 0.3) is 0 Å². The van der Waals surface area contributed by atoms with Crippen molar-refractivity contribution in [1.82, 2.24) is 5.43 Å². The van der Waals surface area contributed by atoms with Crippen molar-refractivity contribution >= 4 is 23.7 Å². The van der Waals surface area contributed by atoms with Gasteiger partial charge in [0.15, 0.2) is 11.5 Å². The predicted octanol–water partition coefficient (Wildman–Crippen LogP) is 3.64. The summed E-state index contributed by atoms with van der Waals surface area (Å²) in [6, 6.07) is 11.2. The molecule has 0 unspecified atom stereocenters. The van der Waals surface area contributed by atoms with Crippen LogP contribution in [0.5, 0.6) is 11.5 Å². The molecule has 132 valence electrons. The number of hydrogen-bond acceptors (Lipinski definition) is 4. The van der Waals surface area contributed by atoms with Gasteiger partial charge in [-0.25, -0.2) is 5.43 Å². The van der Waals surface area contributed by atoms with Gasteiger partial charge in [0.05, 0.1) is 19.7 Å². The molecule has 0 heterocycles. The minimum atomic E-state index is -2.94. The fourth-order valence-corrected chi connectivity index (χ4v) is 2.09. The van der Waals surface area contributed by atoms with Gasteiger partial charge in [0.25, 0.3) is 0 Å². The minimum Gasteiger partial charge on any atom is -0.493 e. The second-order valence-electron chi connectivity index (χ2n) is 4.89. The zero-order chi connectivity index (χ0) is 18.2. The molecule has 0 saturated carbocycles. The van der Waals surface area contributed by atoms with E-state index >= 15 is 0 Å². The maximum absolute atomic E-state index is 12.3. The summed E-state index contributed by atoms with van der Waals surface area (Å²) in [5.74, 6) is -0.249. The van der Waals surface area contributed by atoms with E-state index in [0.29, 0.717) is 10.6 Å². The van der Waals surface area contributed by atoms with Gasteiger partial charge in [-0.1, -0.05) is 23.7 Å². The lowest BCUT2D eigenvalue weighted by Gasteiger charge is -2.09. The van der Waals surface area contributed by atoms with E-state index in [0.717, 1.165) is 5.56 Å². The fourth-order valence-electron chi connectivity index (χ4n) is 1.96. The average molecular weight is 369 g/mol. The molecule has 5 nitrogen and oxygen atoms in total. The highest BCUT2D eigenvalue weighted by molar-refractivity contribution is 6.30. The molecular formula is C17H15ClF2N2O3. The van der Waals surface area contributed by atoms with Crippen LogP contribution in [-0.2, 0) is 11.2 Å². The monoisotopic (exact) mass is 368 g/mol. The number of halogens is 3. The highest BCUT2D eigenvalue weighted by Gasteiger charge is 2.10. The zero-order valence-electron chi connectivity index (χ0n) is 13.2. The maximum atomic E-state index is 12.3. The van der Waals surface area contributed by atoms with Crippen LogP contribution in [0, 0.1) is 0 Å². The Morgan fingerprint density at radius 1 is 1.24 bits per heavy atom. The predicted molar refractivity (Wildman–Crippen MR) is 90.5 cm³/mol. The lowest BCUT2D eigenvalue weighted by molar-refractivity contribution is -0.120. The van der Waals surface area contributed by atoms with E-state index in [1.807, 2.05) is 0 Å². The highest BCUT2D eigenvalue weighted by atomic mass is 35.5. The number of nitrogens with one attached hydrogen (secondary N) is 1. The molecule has 0 spiro atoms. The molecule has 0 saturated heterocycles. The molecule has 0 aliphatic carbocycles. The summed E-state index contributed by atoms with van der Waals surface area (Å²) < 4.78 is 33.9. The molecule has 0 atom stereocenters. The van der Waals surface area contributed by atoms with Gasteiger partial charge in [-0.15, -0.1) is 0 Å². The number of alkyl halides is 2. The largest absolute Gasteiger partial charge is 0.493 e. The van der Waals surface area contributed by atoms with Gasteiger partial charge in [-0.2, -0.15) is 13.9 Å². The first-order valence-electron chi connectivity index (χ1n) is 7.17. The SMILES string of the molecule is COc1cc(/C=N/NC(=O)Cc2ccc(Cl)cc2)ccc1OC(F)F. The standard InChI is InChI=1S/C17H15ClF2N2O3/c1-24-15-8-12(4-7-14(15)25-17(19)20)10-21-22-16(23)9-11-2-5-13(18)6-3-11/h2-8,10,17H,9H2,1H3,(H,22,23)/b21-10+. The Balaban J connectivity index is 1.94. The van der Waals surface area contributed by atoms with Crippen LogP contribution in [0.3, 0.4) is 0 Å². The van der Waals surface area contributed by atoms with Crippen LogP contribution in [-0.4, -0.2) is 25.8 Å². The normalized spacial score (nSPS) is 10.9. The molecule has 0 aliphatic heterocycles. The molecule has 1 amide bonds. The number of ether oxygens (including phenoxy) is 2. The third kappa shape index (κ3) is 6.04. The topological polar surface area (TPSA) is 59.9 Å². The second-order valence-corrected chi connectivity index (χ2v) is 5.32. The molecule has 0 fully saturated rings. The lowest BCUT2D eigenvalue weighted by Crippen LogP contribution is -2.19. The van der Waals surface area contributed by atoms with Gasteiger partial charge in [0.1, 0.15) is 0 Å². The first-order valence-corrected chi connectivity index (χ1v) is 7.55. The van der Waals surface area contributed by atoms with Gasteiger partial charge in [-0.3, -0.25) is 4.79 Å². The van der Waals surface area contributed by atoms with Crippen molar-refractivity contribution in [3.05, 3.63) is 58.6 Å². The molecular weight excluding hydrogens is 354 g/mol. The quantitative estimate of drug-likeness (QED) is 0.599. The van der Waals surface area contributed by atoms with Crippen molar-refractivity contribution in [1.29, 1.82) is 0 Å². The van der Waals surface area contributed by atoms with E-state index < -0.39 is 6.61 Å². The Kier molecular flexibility index (Phi) is 6.71. The Morgan fingerprint density at radius 2 is 1.96 bits per heavy atom. The maximum Gasteiger partial charge on any atom is 0.387 e. The minimum absolute atomic E-state index is 0.0820. The second kappa shape index (κ2) is 8.98. The summed E-state index contributed by atoms with van der Waals surface area (Å²) in [5, 5.41) is 4.42. The molecule has 2 aromatic carbocycles. The number of amides is 1. The molecule has 1 N–H and O–H groups in total. The summed E-state index contributed by atoms with van der Waals surface area (Å²) in [5.41, 5.74) is 3.73. The number of nitrogens with zero attached hydrogens (tertiary/aromatic N) is 1. The zero-order valence-corrected chi connectivity index (χ0v) is 14.0.